The lowest BCUT2D eigenvalue weighted by atomic mass is 10.00. The molecule has 0 atom stereocenters. The van der Waals surface area contributed by atoms with Gasteiger partial charge in [0.15, 0.2) is 11.6 Å². The van der Waals surface area contributed by atoms with Crippen LogP contribution >= 0.6 is 0 Å². The Morgan fingerprint density at radius 2 is 2.11 bits per heavy atom. The quantitative estimate of drug-likeness (QED) is 0.835. The van der Waals surface area contributed by atoms with Crippen molar-refractivity contribution in [2.45, 2.75) is 39.2 Å². The van der Waals surface area contributed by atoms with Crippen molar-refractivity contribution in [3.05, 3.63) is 35.7 Å². The second kappa shape index (κ2) is 6.55. The molecule has 0 aliphatic heterocycles. The summed E-state index contributed by atoms with van der Waals surface area (Å²) < 4.78 is 18.7. The first-order chi connectivity index (χ1) is 8.42. The van der Waals surface area contributed by atoms with Crippen molar-refractivity contribution in [3.63, 3.8) is 0 Å². The molecule has 0 aliphatic carbocycles. The molecule has 0 fully saturated rings. The molecule has 0 unspecified atom stereocenters. The number of benzene rings is 1. The maximum Gasteiger partial charge on any atom is 0.165 e. The van der Waals surface area contributed by atoms with E-state index in [-0.39, 0.29) is 11.4 Å². The molecule has 0 bridgehead atoms. The molecule has 0 amide bonds. The van der Waals surface area contributed by atoms with E-state index in [4.69, 9.17) is 10.5 Å². The molecule has 0 aromatic heterocycles. The molecule has 0 aliphatic rings. The Labute approximate surface area is 109 Å². The third-order valence-corrected chi connectivity index (χ3v) is 2.52. The molecule has 0 saturated carbocycles. The van der Waals surface area contributed by atoms with Gasteiger partial charge in [0.2, 0.25) is 0 Å². The van der Waals surface area contributed by atoms with Gasteiger partial charge in [-0.05, 0) is 51.3 Å². The van der Waals surface area contributed by atoms with E-state index in [1.165, 1.54) is 6.07 Å². The van der Waals surface area contributed by atoms with Gasteiger partial charge in [0, 0.05) is 5.54 Å². The summed E-state index contributed by atoms with van der Waals surface area (Å²) in [5.74, 6) is -0.0177. The summed E-state index contributed by atoms with van der Waals surface area (Å²) in [5, 5.41) is 0. The van der Waals surface area contributed by atoms with Crippen LogP contribution in [0.4, 0.5) is 4.39 Å². The summed E-state index contributed by atoms with van der Waals surface area (Å²) in [6, 6.07) is 4.98. The highest BCUT2D eigenvalue weighted by Gasteiger charge is 2.08. The van der Waals surface area contributed by atoms with Crippen LogP contribution in [-0.2, 0) is 0 Å². The van der Waals surface area contributed by atoms with Gasteiger partial charge in [-0.2, -0.15) is 0 Å². The largest absolute Gasteiger partial charge is 0.491 e. The van der Waals surface area contributed by atoms with Crippen molar-refractivity contribution in [2.75, 3.05) is 6.61 Å². The van der Waals surface area contributed by atoms with E-state index in [0.717, 1.165) is 18.4 Å². The van der Waals surface area contributed by atoms with Crippen LogP contribution in [0.5, 0.6) is 5.75 Å². The normalized spacial score (nSPS) is 12.1. The smallest absolute Gasteiger partial charge is 0.165 e. The first-order valence-electron chi connectivity index (χ1n) is 6.30. The van der Waals surface area contributed by atoms with Gasteiger partial charge in [0.05, 0.1) is 6.61 Å². The molecular formula is C15H22FNO. The monoisotopic (exact) mass is 251 g/mol. The fourth-order valence-electron chi connectivity index (χ4n) is 1.57. The summed E-state index contributed by atoms with van der Waals surface area (Å²) in [5.41, 5.74) is 6.56. The molecular weight excluding hydrogens is 229 g/mol. The fourth-order valence-corrected chi connectivity index (χ4v) is 1.57. The van der Waals surface area contributed by atoms with Crippen LogP contribution in [0.25, 0.3) is 6.08 Å². The highest BCUT2D eigenvalue weighted by atomic mass is 19.1. The van der Waals surface area contributed by atoms with Crippen LogP contribution in [0.15, 0.2) is 24.3 Å². The summed E-state index contributed by atoms with van der Waals surface area (Å²) >= 11 is 0. The van der Waals surface area contributed by atoms with Crippen molar-refractivity contribution in [1.82, 2.24) is 0 Å². The van der Waals surface area contributed by atoms with Gasteiger partial charge < -0.3 is 10.5 Å². The standard InChI is InChI=1S/C15H22FNO/c1-4-18-14-9-8-12(11-13(14)16)7-5-6-10-15(2,3)17/h5,7-9,11H,4,6,10,17H2,1-3H3/b7-5+. The zero-order valence-corrected chi connectivity index (χ0v) is 11.4. The van der Waals surface area contributed by atoms with E-state index in [0.29, 0.717) is 12.4 Å². The third-order valence-electron chi connectivity index (χ3n) is 2.52. The molecule has 0 saturated heterocycles. The number of ether oxygens (including phenoxy) is 1. The minimum absolute atomic E-state index is 0.158. The SMILES string of the molecule is CCOc1ccc(/C=C/CCC(C)(C)N)cc1F. The summed E-state index contributed by atoms with van der Waals surface area (Å²) in [4.78, 5) is 0. The molecule has 0 heterocycles. The lowest BCUT2D eigenvalue weighted by molar-refractivity contribution is 0.321. The zero-order chi connectivity index (χ0) is 13.6. The van der Waals surface area contributed by atoms with Crippen LogP contribution in [0.2, 0.25) is 0 Å². The van der Waals surface area contributed by atoms with E-state index in [2.05, 4.69) is 0 Å². The Morgan fingerprint density at radius 3 is 2.67 bits per heavy atom. The van der Waals surface area contributed by atoms with E-state index >= 15 is 0 Å². The van der Waals surface area contributed by atoms with E-state index in [1.807, 2.05) is 39.0 Å². The highest BCUT2D eigenvalue weighted by Crippen LogP contribution is 2.19. The molecule has 100 valence electrons. The number of hydrogen-bond donors (Lipinski definition) is 1. The van der Waals surface area contributed by atoms with Gasteiger partial charge in [-0.25, -0.2) is 4.39 Å². The number of nitrogens with two attached hydrogens (primary N) is 1. The second-order valence-electron chi connectivity index (χ2n) is 5.05. The van der Waals surface area contributed by atoms with Gasteiger partial charge in [-0.3, -0.25) is 0 Å². The first-order valence-corrected chi connectivity index (χ1v) is 6.30. The molecule has 2 N–H and O–H groups in total. The fraction of sp³-hybridized carbons (Fsp3) is 0.467. The van der Waals surface area contributed by atoms with E-state index in [9.17, 15) is 4.39 Å². The molecule has 1 aromatic carbocycles. The number of allylic oxidation sites excluding steroid dienone is 1. The van der Waals surface area contributed by atoms with Crippen LogP contribution < -0.4 is 10.5 Å². The minimum atomic E-state index is -0.321. The minimum Gasteiger partial charge on any atom is -0.491 e. The lowest BCUT2D eigenvalue weighted by Gasteiger charge is -2.16. The van der Waals surface area contributed by atoms with Crippen molar-refractivity contribution in [2.24, 2.45) is 5.73 Å². The predicted octanol–water partition coefficient (Wildman–Crippen LogP) is 3.76. The molecule has 18 heavy (non-hydrogen) atoms. The average molecular weight is 251 g/mol. The van der Waals surface area contributed by atoms with Crippen LogP contribution in [0.1, 0.15) is 39.2 Å². The molecule has 1 aromatic rings. The number of hydrogen-bond acceptors (Lipinski definition) is 2. The van der Waals surface area contributed by atoms with Crippen molar-refractivity contribution >= 4 is 6.08 Å². The number of rotatable bonds is 6. The van der Waals surface area contributed by atoms with Crippen molar-refractivity contribution in [3.8, 4) is 5.75 Å². The van der Waals surface area contributed by atoms with Gasteiger partial charge in [-0.1, -0.05) is 18.2 Å². The van der Waals surface area contributed by atoms with Crippen LogP contribution in [-0.4, -0.2) is 12.1 Å². The topological polar surface area (TPSA) is 35.2 Å². The lowest BCUT2D eigenvalue weighted by Crippen LogP contribution is -2.31. The van der Waals surface area contributed by atoms with Crippen molar-refractivity contribution < 1.29 is 9.13 Å². The molecule has 2 nitrogen and oxygen atoms in total. The first kappa shape index (κ1) is 14.7. The van der Waals surface area contributed by atoms with Gasteiger partial charge in [0.1, 0.15) is 0 Å². The Morgan fingerprint density at radius 1 is 1.39 bits per heavy atom. The second-order valence-corrected chi connectivity index (χ2v) is 5.05. The Balaban J connectivity index is 2.58. The predicted molar refractivity (Wildman–Crippen MR) is 74.1 cm³/mol. The van der Waals surface area contributed by atoms with Gasteiger partial charge in [-0.15, -0.1) is 0 Å². The Kier molecular flexibility index (Phi) is 5.35. The Bertz CT molecular complexity index is 407. The maximum absolute atomic E-state index is 13.6. The third kappa shape index (κ3) is 5.32. The van der Waals surface area contributed by atoms with E-state index < -0.39 is 0 Å². The maximum atomic E-state index is 13.6. The van der Waals surface area contributed by atoms with Gasteiger partial charge in [0.25, 0.3) is 0 Å². The van der Waals surface area contributed by atoms with E-state index in [1.54, 1.807) is 6.07 Å². The molecule has 3 heteroatoms. The average Bonchev–Trinajstić information content (AvgIpc) is 2.27. The van der Waals surface area contributed by atoms with Crippen molar-refractivity contribution in [1.29, 1.82) is 0 Å². The molecule has 1 rings (SSSR count). The molecule has 0 spiro atoms. The zero-order valence-electron chi connectivity index (χ0n) is 11.4. The summed E-state index contributed by atoms with van der Waals surface area (Å²) in [6.45, 7) is 6.30. The molecule has 0 radical (unpaired) electrons. The highest BCUT2D eigenvalue weighted by molar-refractivity contribution is 5.51. The van der Waals surface area contributed by atoms with Crippen LogP contribution in [0, 0.1) is 5.82 Å². The summed E-state index contributed by atoms with van der Waals surface area (Å²) in [6.07, 6.45) is 5.72. The number of halogens is 1. The Hall–Kier alpha value is -1.35. The summed E-state index contributed by atoms with van der Waals surface area (Å²) in [7, 11) is 0. The van der Waals surface area contributed by atoms with Gasteiger partial charge >= 0.3 is 0 Å². The van der Waals surface area contributed by atoms with Crippen LogP contribution in [0.3, 0.4) is 0 Å².